The molecule has 8 nitrogen and oxygen atoms in total. The van der Waals surface area contributed by atoms with Gasteiger partial charge >= 0.3 is 5.97 Å². The summed E-state index contributed by atoms with van der Waals surface area (Å²) in [7, 11) is 0. The molecule has 0 fully saturated rings. The fourth-order valence-electron chi connectivity index (χ4n) is 1.56. The van der Waals surface area contributed by atoms with Crippen molar-refractivity contribution in [1.82, 2.24) is 30.0 Å². The fraction of sp³-hybridized carbons (Fsp3) is 0. The number of fused-ring (bicyclic) bond motifs is 1. The molecule has 3 heterocycles. The van der Waals surface area contributed by atoms with Gasteiger partial charge in [0.05, 0.1) is 6.20 Å². The number of aromatic nitrogens is 6. The van der Waals surface area contributed by atoms with Crippen molar-refractivity contribution in [2.45, 2.75) is 0 Å². The molecule has 2 N–H and O–H groups in total. The molecule has 3 aromatic heterocycles. The lowest BCUT2D eigenvalue weighted by Gasteiger charge is -1.99. The number of tetrazole rings is 1. The number of nitrogens with one attached hydrogen (secondary N) is 1. The van der Waals surface area contributed by atoms with Gasteiger partial charge in [0.2, 0.25) is 0 Å². The number of carbonyl (C=O) groups is 1. The molecule has 0 aliphatic heterocycles. The number of nitrogens with zero attached hydrogens (tertiary/aromatic N) is 5. The number of pyridine rings is 1. The van der Waals surface area contributed by atoms with Crippen LogP contribution in [-0.2, 0) is 0 Å². The summed E-state index contributed by atoms with van der Waals surface area (Å²) in [5, 5.41) is 22.3. The van der Waals surface area contributed by atoms with Crippen molar-refractivity contribution in [3.8, 4) is 11.4 Å². The molecule has 0 aliphatic rings. The number of carboxylic acid groups (broad SMARTS) is 1. The molecule has 0 atom stereocenters. The number of H-pyrrole nitrogens is 1. The lowest BCUT2D eigenvalue weighted by Crippen LogP contribution is -2.01. The summed E-state index contributed by atoms with van der Waals surface area (Å²) in [6.45, 7) is 0. The Bertz CT molecular complexity index is 687. The van der Waals surface area contributed by atoms with Gasteiger partial charge in [0.15, 0.2) is 11.5 Å². The number of rotatable bonds is 2. The van der Waals surface area contributed by atoms with Gasteiger partial charge in [-0.05, 0) is 22.6 Å². The highest BCUT2D eigenvalue weighted by atomic mass is 16.4. The minimum atomic E-state index is -1.04. The Morgan fingerprint density at radius 1 is 1.41 bits per heavy atom. The molecule has 17 heavy (non-hydrogen) atoms. The minimum Gasteiger partial charge on any atom is -0.477 e. The van der Waals surface area contributed by atoms with Crippen LogP contribution in [0.15, 0.2) is 24.5 Å². The Morgan fingerprint density at radius 3 is 3.00 bits per heavy atom. The second-order valence-corrected chi connectivity index (χ2v) is 3.34. The Kier molecular flexibility index (Phi) is 1.87. The summed E-state index contributed by atoms with van der Waals surface area (Å²) in [5.41, 5.74) is 1.33. The maximum absolute atomic E-state index is 11.0. The van der Waals surface area contributed by atoms with Crippen molar-refractivity contribution >= 4 is 11.6 Å². The molecule has 3 aromatic rings. The number of aromatic amines is 1. The zero-order valence-corrected chi connectivity index (χ0v) is 8.40. The summed E-state index contributed by atoms with van der Waals surface area (Å²) in [6.07, 6.45) is 2.92. The van der Waals surface area contributed by atoms with E-state index in [0.717, 1.165) is 0 Å². The maximum Gasteiger partial charge on any atom is 0.354 e. The quantitative estimate of drug-likeness (QED) is 0.651. The van der Waals surface area contributed by atoms with E-state index in [2.05, 4.69) is 25.6 Å². The molecular formula is C9H6N6O2. The molecule has 0 aliphatic carbocycles. The molecule has 0 saturated carbocycles. The van der Waals surface area contributed by atoms with Gasteiger partial charge in [-0.2, -0.15) is 0 Å². The third kappa shape index (κ3) is 1.42. The van der Waals surface area contributed by atoms with Crippen molar-refractivity contribution < 1.29 is 9.90 Å². The van der Waals surface area contributed by atoms with Crippen LogP contribution in [0.2, 0.25) is 0 Å². The average Bonchev–Trinajstić information content (AvgIpc) is 2.97. The first kappa shape index (κ1) is 9.46. The third-order valence-electron chi connectivity index (χ3n) is 2.34. The molecule has 0 spiro atoms. The Hall–Kier alpha value is -2.77. The van der Waals surface area contributed by atoms with Gasteiger partial charge in [-0.15, -0.1) is 5.10 Å². The van der Waals surface area contributed by atoms with Crippen molar-refractivity contribution in [2.75, 3.05) is 0 Å². The van der Waals surface area contributed by atoms with E-state index >= 15 is 0 Å². The van der Waals surface area contributed by atoms with Gasteiger partial charge in [0.25, 0.3) is 0 Å². The van der Waals surface area contributed by atoms with E-state index in [1.54, 1.807) is 18.3 Å². The molecule has 0 saturated heterocycles. The third-order valence-corrected chi connectivity index (χ3v) is 2.34. The van der Waals surface area contributed by atoms with Crippen molar-refractivity contribution in [2.24, 2.45) is 0 Å². The highest BCUT2D eigenvalue weighted by molar-refractivity contribution is 5.86. The van der Waals surface area contributed by atoms with E-state index in [1.165, 1.54) is 10.6 Å². The van der Waals surface area contributed by atoms with Crippen LogP contribution in [0.3, 0.4) is 0 Å². The van der Waals surface area contributed by atoms with Crippen molar-refractivity contribution in [1.29, 1.82) is 0 Å². The SMILES string of the molecule is O=C(O)c1cnc2ccc(-c3nnn[nH]3)cn12. The lowest BCUT2D eigenvalue weighted by atomic mass is 10.2. The van der Waals surface area contributed by atoms with Gasteiger partial charge in [-0.3, -0.25) is 4.40 Å². The molecule has 84 valence electrons. The molecular weight excluding hydrogens is 224 g/mol. The van der Waals surface area contributed by atoms with Gasteiger partial charge in [-0.1, -0.05) is 0 Å². The topological polar surface area (TPSA) is 109 Å². The summed E-state index contributed by atoms with van der Waals surface area (Å²) in [4.78, 5) is 14.9. The smallest absolute Gasteiger partial charge is 0.354 e. The molecule has 0 bridgehead atoms. The number of imidazole rings is 1. The predicted molar refractivity (Wildman–Crippen MR) is 55.3 cm³/mol. The first-order valence-electron chi connectivity index (χ1n) is 4.70. The van der Waals surface area contributed by atoms with E-state index < -0.39 is 5.97 Å². The van der Waals surface area contributed by atoms with Crippen LogP contribution in [0.1, 0.15) is 10.5 Å². The predicted octanol–water partition coefficient (Wildman–Crippen LogP) is 0.213. The van der Waals surface area contributed by atoms with E-state index in [1.807, 2.05) is 0 Å². The Morgan fingerprint density at radius 2 is 2.29 bits per heavy atom. The van der Waals surface area contributed by atoms with E-state index in [4.69, 9.17) is 5.11 Å². The lowest BCUT2D eigenvalue weighted by molar-refractivity contribution is 0.0689. The standard InChI is InChI=1S/C9H6N6O2/c16-9(17)6-3-10-7-2-1-5(4-15(6)7)8-11-13-14-12-8/h1-4H,(H,16,17)(H,11,12,13,14). The van der Waals surface area contributed by atoms with Crippen LogP contribution < -0.4 is 0 Å². The highest BCUT2D eigenvalue weighted by Gasteiger charge is 2.11. The second-order valence-electron chi connectivity index (χ2n) is 3.34. The zero-order chi connectivity index (χ0) is 11.8. The molecule has 0 radical (unpaired) electrons. The summed E-state index contributed by atoms with van der Waals surface area (Å²) in [6, 6.07) is 3.46. The second kappa shape index (κ2) is 3.37. The van der Waals surface area contributed by atoms with Crippen molar-refractivity contribution in [3.05, 3.63) is 30.2 Å². The summed E-state index contributed by atoms with van der Waals surface area (Å²) in [5.74, 6) is -0.567. The fourth-order valence-corrected chi connectivity index (χ4v) is 1.56. The normalized spacial score (nSPS) is 10.8. The highest BCUT2D eigenvalue weighted by Crippen LogP contribution is 2.15. The van der Waals surface area contributed by atoms with Gasteiger partial charge in [0, 0.05) is 11.8 Å². The Balaban J connectivity index is 2.24. The average molecular weight is 230 g/mol. The maximum atomic E-state index is 11.0. The first-order chi connectivity index (χ1) is 8.25. The molecule has 0 aromatic carbocycles. The number of hydrogen-bond donors (Lipinski definition) is 2. The monoisotopic (exact) mass is 230 g/mol. The van der Waals surface area contributed by atoms with Crippen LogP contribution in [0, 0.1) is 0 Å². The van der Waals surface area contributed by atoms with Crippen LogP contribution in [0.4, 0.5) is 0 Å². The van der Waals surface area contributed by atoms with Crippen LogP contribution in [-0.4, -0.2) is 41.1 Å². The molecule has 0 unspecified atom stereocenters. The number of carboxylic acids is 1. The van der Waals surface area contributed by atoms with E-state index in [0.29, 0.717) is 17.0 Å². The minimum absolute atomic E-state index is 0.0920. The van der Waals surface area contributed by atoms with Gasteiger partial charge < -0.3 is 5.11 Å². The van der Waals surface area contributed by atoms with Gasteiger partial charge in [0.1, 0.15) is 5.65 Å². The molecule has 3 rings (SSSR count). The zero-order valence-electron chi connectivity index (χ0n) is 8.40. The summed E-state index contributed by atoms with van der Waals surface area (Å²) >= 11 is 0. The number of aromatic carboxylic acids is 1. The van der Waals surface area contributed by atoms with E-state index in [9.17, 15) is 4.79 Å². The summed E-state index contributed by atoms with van der Waals surface area (Å²) < 4.78 is 1.47. The van der Waals surface area contributed by atoms with Crippen molar-refractivity contribution in [3.63, 3.8) is 0 Å². The van der Waals surface area contributed by atoms with Gasteiger partial charge in [-0.25, -0.2) is 14.9 Å². The van der Waals surface area contributed by atoms with E-state index in [-0.39, 0.29) is 5.69 Å². The molecule has 8 heteroatoms. The Labute approximate surface area is 93.9 Å². The van der Waals surface area contributed by atoms with Crippen LogP contribution in [0.25, 0.3) is 17.0 Å². The molecule has 0 amide bonds. The largest absolute Gasteiger partial charge is 0.477 e. The van der Waals surface area contributed by atoms with Crippen LogP contribution in [0.5, 0.6) is 0 Å². The number of hydrogen-bond acceptors (Lipinski definition) is 5. The van der Waals surface area contributed by atoms with Crippen LogP contribution >= 0.6 is 0 Å². The first-order valence-corrected chi connectivity index (χ1v) is 4.70.